The van der Waals surface area contributed by atoms with Crippen molar-refractivity contribution in [3.63, 3.8) is 0 Å². The fourth-order valence-electron chi connectivity index (χ4n) is 1.56. The van der Waals surface area contributed by atoms with Crippen molar-refractivity contribution in [1.29, 1.82) is 0 Å². The summed E-state index contributed by atoms with van der Waals surface area (Å²) >= 11 is 0. The second-order valence-electron chi connectivity index (χ2n) is 4.45. The van der Waals surface area contributed by atoms with Gasteiger partial charge in [0.2, 0.25) is 5.91 Å². The zero-order chi connectivity index (χ0) is 8.77. The molecule has 0 radical (unpaired) electrons. The fraction of sp³-hybridized carbons (Fsp3) is 0.889. The molecule has 12 heavy (non-hydrogen) atoms. The van der Waals surface area contributed by atoms with E-state index in [4.69, 9.17) is 0 Å². The lowest BCUT2D eigenvalue weighted by atomic mass is 10.1. The smallest absolute Gasteiger partial charge is 0.226 e. The molecule has 1 N–H and O–H groups in total. The number of carbonyl (C=O) groups excluding carboxylic acids is 1. The third kappa shape index (κ3) is 1.33. The summed E-state index contributed by atoms with van der Waals surface area (Å²) in [6.45, 7) is 4.08. The minimum atomic E-state index is -0.00579. The lowest BCUT2D eigenvalue weighted by Crippen LogP contribution is -2.58. The van der Waals surface area contributed by atoms with Gasteiger partial charge in [-0.25, -0.2) is 0 Å². The van der Waals surface area contributed by atoms with E-state index in [2.05, 4.69) is 17.3 Å². The molecule has 2 fully saturated rings. The maximum absolute atomic E-state index is 11.5. The second kappa shape index (κ2) is 2.46. The number of rotatable bonds is 2. The molecule has 0 spiro atoms. The third-order valence-electron chi connectivity index (χ3n) is 2.95. The van der Waals surface area contributed by atoms with Crippen LogP contribution in [-0.4, -0.2) is 37.0 Å². The normalized spacial score (nSPS) is 27.8. The summed E-state index contributed by atoms with van der Waals surface area (Å²) in [5.74, 6) is 0.264. The van der Waals surface area contributed by atoms with Crippen LogP contribution in [-0.2, 0) is 4.79 Å². The summed E-state index contributed by atoms with van der Waals surface area (Å²) < 4.78 is 0. The van der Waals surface area contributed by atoms with Crippen LogP contribution in [0.5, 0.6) is 0 Å². The van der Waals surface area contributed by atoms with Gasteiger partial charge < -0.3 is 10.2 Å². The van der Waals surface area contributed by atoms with Gasteiger partial charge in [0.05, 0.1) is 6.04 Å². The minimum absolute atomic E-state index is 0.00579. The van der Waals surface area contributed by atoms with Gasteiger partial charge in [-0.3, -0.25) is 4.79 Å². The van der Waals surface area contributed by atoms with Gasteiger partial charge in [-0.15, -0.1) is 0 Å². The molecular formula is C9H16N2O. The van der Waals surface area contributed by atoms with E-state index in [0.29, 0.717) is 6.04 Å². The molecule has 0 atom stereocenters. The van der Waals surface area contributed by atoms with Crippen LogP contribution >= 0.6 is 0 Å². The van der Waals surface area contributed by atoms with E-state index < -0.39 is 0 Å². The van der Waals surface area contributed by atoms with Crippen LogP contribution in [0.2, 0.25) is 0 Å². The van der Waals surface area contributed by atoms with Crippen LogP contribution in [0.15, 0.2) is 0 Å². The van der Waals surface area contributed by atoms with E-state index in [1.54, 1.807) is 0 Å². The highest BCUT2D eigenvalue weighted by Gasteiger charge is 2.45. The Balaban J connectivity index is 1.77. The molecule has 1 saturated carbocycles. The summed E-state index contributed by atoms with van der Waals surface area (Å²) in [6, 6.07) is 0.417. The molecular weight excluding hydrogens is 152 g/mol. The highest BCUT2D eigenvalue weighted by Crippen LogP contribution is 2.45. The molecule has 2 aliphatic rings. The van der Waals surface area contributed by atoms with Gasteiger partial charge in [0, 0.05) is 18.5 Å². The standard InChI is InChI=1S/C9H16N2O/c1-9(3-4-9)8(12)10-7-5-11(2)6-7/h7H,3-6H2,1-2H3,(H,10,12). The topological polar surface area (TPSA) is 32.3 Å². The molecule has 0 aromatic heterocycles. The molecule has 2 rings (SSSR count). The summed E-state index contributed by atoms with van der Waals surface area (Å²) in [6.07, 6.45) is 2.14. The Morgan fingerprint density at radius 3 is 2.50 bits per heavy atom. The molecule has 1 amide bonds. The molecule has 0 unspecified atom stereocenters. The predicted molar refractivity (Wildman–Crippen MR) is 46.8 cm³/mol. The number of likely N-dealkylation sites (tertiary alicyclic amines) is 1. The zero-order valence-electron chi connectivity index (χ0n) is 7.76. The molecule has 0 aromatic rings. The SMILES string of the molecule is CN1CC(NC(=O)C2(C)CC2)C1. The van der Waals surface area contributed by atoms with E-state index in [1.165, 1.54) is 0 Å². The summed E-state index contributed by atoms with van der Waals surface area (Å²) in [5, 5.41) is 3.07. The van der Waals surface area contributed by atoms with E-state index in [9.17, 15) is 4.79 Å². The van der Waals surface area contributed by atoms with Crippen molar-refractivity contribution < 1.29 is 4.79 Å². The molecule has 68 valence electrons. The van der Waals surface area contributed by atoms with Gasteiger partial charge in [-0.2, -0.15) is 0 Å². The number of amides is 1. The first kappa shape index (κ1) is 8.05. The molecule has 1 heterocycles. The van der Waals surface area contributed by atoms with Crippen molar-refractivity contribution in [3.05, 3.63) is 0 Å². The molecule has 1 saturated heterocycles. The molecule has 0 bridgehead atoms. The largest absolute Gasteiger partial charge is 0.350 e. The molecule has 3 heteroatoms. The fourth-order valence-corrected chi connectivity index (χ4v) is 1.56. The average molecular weight is 168 g/mol. The van der Waals surface area contributed by atoms with Crippen molar-refractivity contribution in [2.24, 2.45) is 5.41 Å². The number of likely N-dealkylation sites (N-methyl/N-ethyl adjacent to an activating group) is 1. The Labute approximate surface area is 73.1 Å². The van der Waals surface area contributed by atoms with Crippen molar-refractivity contribution in [2.45, 2.75) is 25.8 Å². The van der Waals surface area contributed by atoms with Crippen molar-refractivity contribution in [2.75, 3.05) is 20.1 Å². The Bertz CT molecular complexity index is 205. The van der Waals surface area contributed by atoms with Crippen LogP contribution in [0.4, 0.5) is 0 Å². The van der Waals surface area contributed by atoms with Crippen LogP contribution in [0.3, 0.4) is 0 Å². The Morgan fingerprint density at radius 1 is 1.50 bits per heavy atom. The van der Waals surface area contributed by atoms with Crippen molar-refractivity contribution in [3.8, 4) is 0 Å². The van der Waals surface area contributed by atoms with E-state index in [-0.39, 0.29) is 11.3 Å². The van der Waals surface area contributed by atoms with Gasteiger partial charge in [0.1, 0.15) is 0 Å². The van der Waals surface area contributed by atoms with Gasteiger partial charge in [-0.1, -0.05) is 6.92 Å². The molecule has 1 aliphatic heterocycles. The second-order valence-corrected chi connectivity index (χ2v) is 4.45. The van der Waals surface area contributed by atoms with Gasteiger partial charge in [-0.05, 0) is 19.9 Å². The highest BCUT2D eigenvalue weighted by molar-refractivity contribution is 5.85. The minimum Gasteiger partial charge on any atom is -0.350 e. The Kier molecular flexibility index (Phi) is 1.65. The quantitative estimate of drug-likeness (QED) is 0.639. The zero-order valence-corrected chi connectivity index (χ0v) is 7.76. The Morgan fingerprint density at radius 2 is 2.08 bits per heavy atom. The average Bonchev–Trinajstić information content (AvgIpc) is 2.66. The monoisotopic (exact) mass is 168 g/mol. The van der Waals surface area contributed by atoms with Crippen LogP contribution in [0.25, 0.3) is 0 Å². The number of carbonyl (C=O) groups is 1. The van der Waals surface area contributed by atoms with Gasteiger partial charge in [0.15, 0.2) is 0 Å². The van der Waals surface area contributed by atoms with Crippen LogP contribution in [0.1, 0.15) is 19.8 Å². The van der Waals surface area contributed by atoms with E-state index >= 15 is 0 Å². The summed E-state index contributed by atoms with van der Waals surface area (Å²) in [5.41, 5.74) is -0.00579. The maximum atomic E-state index is 11.5. The predicted octanol–water partition coefficient (Wildman–Crippen LogP) is 0.217. The molecule has 1 aliphatic carbocycles. The first-order valence-corrected chi connectivity index (χ1v) is 4.60. The van der Waals surface area contributed by atoms with Crippen LogP contribution < -0.4 is 5.32 Å². The number of hydrogen-bond donors (Lipinski definition) is 1. The first-order chi connectivity index (χ1) is 5.60. The van der Waals surface area contributed by atoms with Gasteiger partial charge >= 0.3 is 0 Å². The van der Waals surface area contributed by atoms with E-state index in [1.807, 2.05) is 6.92 Å². The first-order valence-electron chi connectivity index (χ1n) is 4.60. The van der Waals surface area contributed by atoms with Crippen LogP contribution in [0, 0.1) is 5.41 Å². The third-order valence-corrected chi connectivity index (χ3v) is 2.95. The van der Waals surface area contributed by atoms with Crippen molar-refractivity contribution >= 4 is 5.91 Å². The number of hydrogen-bond acceptors (Lipinski definition) is 2. The lowest BCUT2D eigenvalue weighted by Gasteiger charge is -2.37. The summed E-state index contributed by atoms with van der Waals surface area (Å²) in [7, 11) is 2.07. The number of nitrogens with one attached hydrogen (secondary N) is 1. The summed E-state index contributed by atoms with van der Waals surface area (Å²) in [4.78, 5) is 13.7. The molecule has 0 aromatic carbocycles. The number of nitrogens with zero attached hydrogens (tertiary/aromatic N) is 1. The molecule has 3 nitrogen and oxygen atoms in total. The lowest BCUT2D eigenvalue weighted by molar-refractivity contribution is -0.127. The van der Waals surface area contributed by atoms with Gasteiger partial charge in [0.25, 0.3) is 0 Å². The Hall–Kier alpha value is -0.570. The van der Waals surface area contributed by atoms with Crippen molar-refractivity contribution in [1.82, 2.24) is 10.2 Å². The maximum Gasteiger partial charge on any atom is 0.226 e. The van der Waals surface area contributed by atoms with E-state index in [0.717, 1.165) is 25.9 Å². The highest BCUT2D eigenvalue weighted by atomic mass is 16.2.